The highest BCUT2D eigenvalue weighted by molar-refractivity contribution is 5.22. The number of aliphatic hydroxyl groups is 1. The average molecular weight is 208 g/mol. The SMILES string of the molecule is Cc1cn(C2CC(O)C2)nc1C(C)(C)C. The monoisotopic (exact) mass is 208 g/mol. The summed E-state index contributed by atoms with van der Waals surface area (Å²) in [4.78, 5) is 0. The smallest absolute Gasteiger partial charge is 0.0707 e. The number of rotatable bonds is 1. The molecule has 0 bridgehead atoms. The first-order chi connectivity index (χ1) is 6.88. The Hall–Kier alpha value is -0.830. The van der Waals surface area contributed by atoms with E-state index in [-0.39, 0.29) is 11.5 Å². The lowest BCUT2D eigenvalue weighted by atomic mass is 9.90. The van der Waals surface area contributed by atoms with Gasteiger partial charge in [0.15, 0.2) is 0 Å². The summed E-state index contributed by atoms with van der Waals surface area (Å²) in [5.74, 6) is 0. The third-order valence-corrected chi connectivity index (χ3v) is 3.09. The fraction of sp³-hybridized carbons (Fsp3) is 0.750. The molecule has 0 amide bonds. The molecular weight excluding hydrogens is 188 g/mol. The van der Waals surface area contributed by atoms with E-state index in [1.165, 1.54) is 11.3 Å². The maximum Gasteiger partial charge on any atom is 0.0707 e. The minimum Gasteiger partial charge on any atom is -0.393 e. The minimum absolute atomic E-state index is 0.109. The van der Waals surface area contributed by atoms with Crippen LogP contribution in [0.3, 0.4) is 0 Å². The van der Waals surface area contributed by atoms with Crippen LogP contribution >= 0.6 is 0 Å². The molecule has 1 aliphatic carbocycles. The van der Waals surface area contributed by atoms with E-state index < -0.39 is 0 Å². The summed E-state index contributed by atoms with van der Waals surface area (Å²) in [7, 11) is 0. The largest absolute Gasteiger partial charge is 0.393 e. The molecule has 3 heteroatoms. The van der Waals surface area contributed by atoms with Crippen LogP contribution in [0.2, 0.25) is 0 Å². The molecule has 1 N–H and O–H groups in total. The van der Waals surface area contributed by atoms with Gasteiger partial charge >= 0.3 is 0 Å². The Balaban J connectivity index is 2.22. The molecule has 1 fully saturated rings. The van der Waals surface area contributed by atoms with Crippen LogP contribution in [0.5, 0.6) is 0 Å². The maximum absolute atomic E-state index is 9.27. The number of nitrogens with zero attached hydrogens (tertiary/aromatic N) is 2. The van der Waals surface area contributed by atoms with Crippen molar-refractivity contribution in [2.24, 2.45) is 0 Å². The fourth-order valence-corrected chi connectivity index (χ4v) is 2.19. The van der Waals surface area contributed by atoms with Gasteiger partial charge in [-0.3, -0.25) is 4.68 Å². The highest BCUT2D eigenvalue weighted by Crippen LogP contribution is 2.33. The summed E-state index contributed by atoms with van der Waals surface area (Å²) < 4.78 is 2.03. The molecule has 0 aromatic carbocycles. The molecule has 3 nitrogen and oxygen atoms in total. The first kappa shape index (κ1) is 10.7. The Morgan fingerprint density at radius 2 is 2.00 bits per heavy atom. The normalized spacial score (nSPS) is 26.5. The van der Waals surface area contributed by atoms with Gasteiger partial charge in [0.25, 0.3) is 0 Å². The highest BCUT2D eigenvalue weighted by atomic mass is 16.3. The summed E-state index contributed by atoms with van der Waals surface area (Å²) >= 11 is 0. The Labute approximate surface area is 91.1 Å². The van der Waals surface area contributed by atoms with E-state index in [0.717, 1.165) is 12.8 Å². The Kier molecular flexibility index (Phi) is 2.38. The van der Waals surface area contributed by atoms with Gasteiger partial charge in [-0.25, -0.2) is 0 Å². The second-order valence-corrected chi connectivity index (χ2v) is 5.67. The molecule has 1 heterocycles. The Bertz CT molecular complexity index is 356. The predicted octanol–water partition coefficient (Wildman–Crippen LogP) is 2.18. The second-order valence-electron chi connectivity index (χ2n) is 5.67. The molecule has 0 aliphatic heterocycles. The molecule has 1 aromatic rings. The zero-order valence-corrected chi connectivity index (χ0v) is 9.99. The van der Waals surface area contributed by atoms with Crippen LogP contribution in [0.15, 0.2) is 6.20 Å². The van der Waals surface area contributed by atoms with E-state index in [1.54, 1.807) is 0 Å². The van der Waals surface area contributed by atoms with Gasteiger partial charge in [-0.15, -0.1) is 0 Å². The molecule has 1 saturated carbocycles. The zero-order valence-electron chi connectivity index (χ0n) is 9.99. The third kappa shape index (κ3) is 1.93. The van der Waals surface area contributed by atoms with Crippen LogP contribution in [0, 0.1) is 6.92 Å². The van der Waals surface area contributed by atoms with Crippen LogP contribution in [0.1, 0.15) is 50.9 Å². The molecule has 1 aliphatic rings. The third-order valence-electron chi connectivity index (χ3n) is 3.09. The van der Waals surface area contributed by atoms with Crippen molar-refractivity contribution in [2.45, 2.75) is 58.1 Å². The van der Waals surface area contributed by atoms with Gasteiger partial charge in [0.2, 0.25) is 0 Å². The molecule has 84 valence electrons. The molecule has 1 aromatic heterocycles. The van der Waals surface area contributed by atoms with Crippen molar-refractivity contribution in [3.8, 4) is 0 Å². The van der Waals surface area contributed by atoms with Crippen LogP contribution in [-0.4, -0.2) is 21.0 Å². The van der Waals surface area contributed by atoms with E-state index in [2.05, 4.69) is 39.0 Å². The average Bonchev–Trinajstić information content (AvgIpc) is 2.40. The molecule has 0 atom stereocenters. The van der Waals surface area contributed by atoms with Crippen LogP contribution in [0.25, 0.3) is 0 Å². The van der Waals surface area contributed by atoms with E-state index in [9.17, 15) is 5.11 Å². The van der Waals surface area contributed by atoms with Crippen LogP contribution in [-0.2, 0) is 5.41 Å². The van der Waals surface area contributed by atoms with Gasteiger partial charge in [-0.1, -0.05) is 20.8 Å². The van der Waals surface area contributed by atoms with E-state index in [0.29, 0.717) is 6.04 Å². The Morgan fingerprint density at radius 1 is 1.40 bits per heavy atom. The number of aromatic nitrogens is 2. The van der Waals surface area contributed by atoms with Gasteiger partial charge < -0.3 is 5.11 Å². The summed E-state index contributed by atoms with van der Waals surface area (Å²) in [6.07, 6.45) is 3.70. The van der Waals surface area contributed by atoms with Crippen molar-refractivity contribution in [1.29, 1.82) is 0 Å². The lowest BCUT2D eigenvalue weighted by molar-refractivity contribution is 0.0431. The standard InChI is InChI=1S/C12H20N2O/c1-8-7-14(9-5-10(15)6-9)13-11(8)12(2,3)4/h7,9-10,15H,5-6H2,1-4H3. The van der Waals surface area contributed by atoms with Gasteiger partial charge in [-0.2, -0.15) is 5.10 Å². The highest BCUT2D eigenvalue weighted by Gasteiger charge is 2.31. The van der Waals surface area contributed by atoms with Crippen molar-refractivity contribution in [2.75, 3.05) is 0 Å². The summed E-state index contributed by atoms with van der Waals surface area (Å²) in [6.45, 7) is 8.66. The topological polar surface area (TPSA) is 38.0 Å². The molecular formula is C12H20N2O. The lowest BCUT2D eigenvalue weighted by Gasteiger charge is -2.31. The summed E-state index contributed by atoms with van der Waals surface area (Å²) in [5, 5.41) is 13.9. The predicted molar refractivity (Wildman–Crippen MR) is 59.9 cm³/mol. The first-order valence-electron chi connectivity index (χ1n) is 5.62. The molecule has 0 radical (unpaired) electrons. The first-order valence-corrected chi connectivity index (χ1v) is 5.62. The van der Waals surface area contributed by atoms with Crippen molar-refractivity contribution >= 4 is 0 Å². The summed E-state index contributed by atoms with van der Waals surface area (Å²) in [5.41, 5.74) is 2.53. The van der Waals surface area contributed by atoms with Gasteiger partial charge in [0.05, 0.1) is 17.8 Å². The van der Waals surface area contributed by atoms with E-state index in [4.69, 9.17) is 0 Å². The van der Waals surface area contributed by atoms with Gasteiger partial charge in [0.1, 0.15) is 0 Å². The molecule has 2 rings (SSSR count). The van der Waals surface area contributed by atoms with Crippen molar-refractivity contribution in [3.63, 3.8) is 0 Å². The number of aryl methyl sites for hydroxylation is 1. The fourth-order valence-electron chi connectivity index (χ4n) is 2.19. The van der Waals surface area contributed by atoms with Gasteiger partial charge in [0, 0.05) is 11.6 Å². The maximum atomic E-state index is 9.27. The summed E-state index contributed by atoms with van der Waals surface area (Å²) in [6, 6.07) is 0.412. The van der Waals surface area contributed by atoms with Crippen LogP contribution < -0.4 is 0 Å². The molecule has 15 heavy (non-hydrogen) atoms. The number of hydrogen-bond acceptors (Lipinski definition) is 2. The minimum atomic E-state index is -0.113. The Morgan fingerprint density at radius 3 is 2.40 bits per heavy atom. The van der Waals surface area contributed by atoms with E-state index in [1.807, 2.05) is 4.68 Å². The molecule has 0 saturated heterocycles. The lowest BCUT2D eigenvalue weighted by Crippen LogP contribution is -2.31. The number of aliphatic hydroxyl groups excluding tert-OH is 1. The zero-order chi connectivity index (χ0) is 11.2. The van der Waals surface area contributed by atoms with Crippen molar-refractivity contribution < 1.29 is 5.11 Å². The van der Waals surface area contributed by atoms with E-state index >= 15 is 0 Å². The quantitative estimate of drug-likeness (QED) is 0.768. The molecule has 0 unspecified atom stereocenters. The number of hydrogen-bond donors (Lipinski definition) is 1. The van der Waals surface area contributed by atoms with Crippen molar-refractivity contribution in [1.82, 2.24) is 9.78 Å². The van der Waals surface area contributed by atoms with Crippen molar-refractivity contribution in [3.05, 3.63) is 17.5 Å². The molecule has 0 spiro atoms. The van der Waals surface area contributed by atoms with Crippen LogP contribution in [0.4, 0.5) is 0 Å². The second kappa shape index (κ2) is 3.34. The van der Waals surface area contributed by atoms with Gasteiger partial charge in [-0.05, 0) is 25.3 Å².